The van der Waals surface area contributed by atoms with Crippen LogP contribution in [0.2, 0.25) is 0 Å². The molecule has 0 aliphatic carbocycles. The first-order valence-electron chi connectivity index (χ1n) is 7.10. The Morgan fingerprint density at radius 1 is 1.55 bits per heavy atom. The van der Waals surface area contributed by atoms with Crippen molar-refractivity contribution in [1.82, 2.24) is 19.8 Å². The third-order valence-corrected chi connectivity index (χ3v) is 3.58. The van der Waals surface area contributed by atoms with Gasteiger partial charge in [-0.1, -0.05) is 0 Å². The molecule has 0 spiro atoms. The smallest absolute Gasteiger partial charge is 0.273 e. The predicted octanol–water partition coefficient (Wildman–Crippen LogP) is 0.932. The largest absolute Gasteiger partial charge is 0.369 e. The van der Waals surface area contributed by atoms with Crippen molar-refractivity contribution in [2.75, 3.05) is 45.6 Å². The summed E-state index contributed by atoms with van der Waals surface area (Å²) in [5.41, 5.74) is 0.400. The van der Waals surface area contributed by atoms with Gasteiger partial charge >= 0.3 is 0 Å². The second kappa shape index (κ2) is 6.65. The fourth-order valence-electron chi connectivity index (χ4n) is 2.58. The van der Waals surface area contributed by atoms with E-state index in [4.69, 9.17) is 0 Å². The van der Waals surface area contributed by atoms with Crippen LogP contribution in [0.4, 0.5) is 5.82 Å². The molecule has 6 nitrogen and oxygen atoms in total. The van der Waals surface area contributed by atoms with Crippen molar-refractivity contribution in [1.29, 1.82) is 0 Å². The molecule has 1 aliphatic rings. The van der Waals surface area contributed by atoms with Crippen molar-refractivity contribution in [3.63, 3.8) is 0 Å². The molecule has 20 heavy (non-hydrogen) atoms. The Balaban J connectivity index is 1.97. The summed E-state index contributed by atoms with van der Waals surface area (Å²) in [4.78, 5) is 24.8. The fourth-order valence-corrected chi connectivity index (χ4v) is 2.58. The molecule has 1 fully saturated rings. The lowest BCUT2D eigenvalue weighted by Crippen LogP contribution is -2.33. The van der Waals surface area contributed by atoms with Gasteiger partial charge < -0.3 is 15.1 Å². The number of hydrogen-bond acceptors (Lipinski definition) is 5. The molecule has 2 rings (SSSR count). The standard InChI is InChI=1S/C14H23N5O/c1-4-16-13-8-15-7-12(17-13)14(20)19(3)10-11-5-6-18(2)9-11/h7-8,11H,4-6,9-10H2,1-3H3,(H,16,17). The molecular formula is C14H23N5O. The first-order chi connectivity index (χ1) is 9.60. The zero-order chi connectivity index (χ0) is 14.5. The van der Waals surface area contributed by atoms with E-state index in [-0.39, 0.29) is 5.91 Å². The van der Waals surface area contributed by atoms with Crippen molar-refractivity contribution < 1.29 is 4.79 Å². The normalized spacial score (nSPS) is 19.1. The number of hydrogen-bond donors (Lipinski definition) is 1. The summed E-state index contributed by atoms with van der Waals surface area (Å²) in [6.07, 6.45) is 4.31. The topological polar surface area (TPSA) is 61.4 Å². The Hall–Kier alpha value is -1.69. The number of nitrogens with zero attached hydrogens (tertiary/aromatic N) is 4. The van der Waals surface area contributed by atoms with Gasteiger partial charge in [-0.05, 0) is 32.9 Å². The van der Waals surface area contributed by atoms with Crippen LogP contribution in [-0.2, 0) is 0 Å². The average Bonchev–Trinajstić information content (AvgIpc) is 2.84. The molecule has 6 heteroatoms. The third-order valence-electron chi connectivity index (χ3n) is 3.58. The Labute approximate surface area is 120 Å². The lowest BCUT2D eigenvalue weighted by atomic mass is 10.1. The Morgan fingerprint density at radius 2 is 2.35 bits per heavy atom. The number of likely N-dealkylation sites (tertiary alicyclic amines) is 1. The van der Waals surface area contributed by atoms with Crippen LogP contribution >= 0.6 is 0 Å². The fraction of sp³-hybridized carbons (Fsp3) is 0.643. The maximum Gasteiger partial charge on any atom is 0.273 e. The second-order valence-corrected chi connectivity index (χ2v) is 5.42. The highest BCUT2D eigenvalue weighted by atomic mass is 16.2. The van der Waals surface area contributed by atoms with Crippen LogP contribution in [0.15, 0.2) is 12.4 Å². The molecule has 1 aliphatic heterocycles. The van der Waals surface area contributed by atoms with E-state index in [1.54, 1.807) is 11.1 Å². The lowest BCUT2D eigenvalue weighted by molar-refractivity contribution is 0.0768. The second-order valence-electron chi connectivity index (χ2n) is 5.42. The number of carbonyl (C=O) groups is 1. The van der Waals surface area contributed by atoms with E-state index in [9.17, 15) is 4.79 Å². The Bertz CT molecular complexity index is 465. The van der Waals surface area contributed by atoms with Gasteiger partial charge in [0, 0.05) is 26.7 Å². The zero-order valence-electron chi connectivity index (χ0n) is 12.5. The summed E-state index contributed by atoms with van der Waals surface area (Å²) >= 11 is 0. The van der Waals surface area contributed by atoms with E-state index in [0.717, 1.165) is 32.6 Å². The highest BCUT2D eigenvalue weighted by molar-refractivity contribution is 5.92. The molecule has 0 bridgehead atoms. The molecule has 0 radical (unpaired) electrons. The summed E-state index contributed by atoms with van der Waals surface area (Å²) in [6.45, 7) is 5.69. The van der Waals surface area contributed by atoms with Crippen LogP contribution in [0.1, 0.15) is 23.8 Å². The first kappa shape index (κ1) is 14.7. The minimum Gasteiger partial charge on any atom is -0.369 e. The van der Waals surface area contributed by atoms with Crippen molar-refractivity contribution >= 4 is 11.7 Å². The van der Waals surface area contributed by atoms with E-state index in [0.29, 0.717) is 17.4 Å². The van der Waals surface area contributed by atoms with Gasteiger partial charge in [0.05, 0.1) is 12.4 Å². The Morgan fingerprint density at radius 3 is 3.00 bits per heavy atom. The number of carbonyl (C=O) groups excluding carboxylic acids is 1. The molecule has 1 aromatic heterocycles. The number of aromatic nitrogens is 2. The maximum atomic E-state index is 12.4. The third kappa shape index (κ3) is 3.66. The maximum absolute atomic E-state index is 12.4. The molecule has 1 N–H and O–H groups in total. The van der Waals surface area contributed by atoms with Crippen LogP contribution in [0.5, 0.6) is 0 Å². The van der Waals surface area contributed by atoms with Crippen LogP contribution in [0.3, 0.4) is 0 Å². The summed E-state index contributed by atoms with van der Waals surface area (Å²) in [5.74, 6) is 1.14. The van der Waals surface area contributed by atoms with Crippen molar-refractivity contribution in [2.45, 2.75) is 13.3 Å². The molecule has 1 aromatic rings. The molecule has 0 aromatic carbocycles. The van der Waals surface area contributed by atoms with Gasteiger partial charge in [-0.25, -0.2) is 4.98 Å². The van der Waals surface area contributed by atoms with Crippen LogP contribution in [0.25, 0.3) is 0 Å². The Kier molecular flexibility index (Phi) is 4.89. The molecule has 110 valence electrons. The van der Waals surface area contributed by atoms with E-state index in [1.807, 2.05) is 14.0 Å². The van der Waals surface area contributed by atoms with Gasteiger partial charge in [0.2, 0.25) is 0 Å². The average molecular weight is 277 g/mol. The molecule has 1 unspecified atom stereocenters. The van der Waals surface area contributed by atoms with Gasteiger partial charge in [0.1, 0.15) is 11.5 Å². The van der Waals surface area contributed by atoms with Gasteiger partial charge in [0.25, 0.3) is 5.91 Å². The van der Waals surface area contributed by atoms with Crippen molar-refractivity contribution in [2.24, 2.45) is 5.92 Å². The summed E-state index contributed by atoms with van der Waals surface area (Å²) in [5, 5.41) is 3.07. The van der Waals surface area contributed by atoms with Gasteiger partial charge in [-0.3, -0.25) is 9.78 Å². The molecular weight excluding hydrogens is 254 g/mol. The highest BCUT2D eigenvalue weighted by Gasteiger charge is 2.23. The first-order valence-corrected chi connectivity index (χ1v) is 7.10. The van der Waals surface area contributed by atoms with E-state index in [1.165, 1.54) is 6.20 Å². The van der Waals surface area contributed by atoms with E-state index < -0.39 is 0 Å². The number of nitrogens with one attached hydrogen (secondary N) is 1. The van der Waals surface area contributed by atoms with Crippen LogP contribution < -0.4 is 5.32 Å². The molecule has 1 saturated heterocycles. The number of amides is 1. The van der Waals surface area contributed by atoms with Gasteiger partial charge in [-0.15, -0.1) is 0 Å². The SMILES string of the molecule is CCNc1cncc(C(=O)N(C)CC2CCN(C)C2)n1. The number of anilines is 1. The molecule has 2 heterocycles. The van der Waals surface area contributed by atoms with Crippen molar-refractivity contribution in [3.8, 4) is 0 Å². The van der Waals surface area contributed by atoms with E-state index in [2.05, 4.69) is 27.2 Å². The minimum absolute atomic E-state index is 0.0631. The summed E-state index contributed by atoms with van der Waals surface area (Å²) < 4.78 is 0. The zero-order valence-corrected chi connectivity index (χ0v) is 12.5. The minimum atomic E-state index is -0.0631. The monoisotopic (exact) mass is 277 g/mol. The summed E-state index contributed by atoms with van der Waals surface area (Å²) in [7, 11) is 3.95. The van der Waals surface area contributed by atoms with Crippen LogP contribution in [-0.4, -0.2) is 65.9 Å². The summed E-state index contributed by atoms with van der Waals surface area (Å²) in [6, 6.07) is 0. The van der Waals surface area contributed by atoms with Crippen LogP contribution in [0, 0.1) is 5.92 Å². The van der Waals surface area contributed by atoms with Crippen molar-refractivity contribution in [3.05, 3.63) is 18.1 Å². The predicted molar refractivity (Wildman–Crippen MR) is 78.8 cm³/mol. The van der Waals surface area contributed by atoms with Gasteiger partial charge in [-0.2, -0.15) is 0 Å². The van der Waals surface area contributed by atoms with Gasteiger partial charge in [0.15, 0.2) is 0 Å². The quantitative estimate of drug-likeness (QED) is 0.867. The number of rotatable bonds is 5. The van der Waals surface area contributed by atoms with E-state index >= 15 is 0 Å². The molecule has 1 atom stereocenters. The molecule has 1 amide bonds. The highest BCUT2D eigenvalue weighted by Crippen LogP contribution is 2.16. The lowest BCUT2D eigenvalue weighted by Gasteiger charge is -2.21. The molecule has 0 saturated carbocycles.